The van der Waals surface area contributed by atoms with Crippen molar-refractivity contribution in [2.75, 3.05) is 13.2 Å². The van der Waals surface area contributed by atoms with Gasteiger partial charge in [0, 0.05) is 18.2 Å². The monoisotopic (exact) mass is 431 g/mol. The maximum absolute atomic E-state index is 9.70. The molecule has 2 N–H and O–H groups in total. The van der Waals surface area contributed by atoms with Gasteiger partial charge < -0.3 is 19.6 Å². The summed E-state index contributed by atoms with van der Waals surface area (Å²) in [4.78, 5) is 2.72. The molecule has 1 rings (SSSR count). The quantitative estimate of drug-likeness (QED) is 0.466. The minimum atomic E-state index is -1.58. The Morgan fingerprint density at radius 3 is 1.95 bits per heavy atom. The van der Waals surface area contributed by atoms with E-state index in [4.69, 9.17) is 79.1 Å². The van der Waals surface area contributed by atoms with Crippen LogP contribution in [0.1, 0.15) is 17.5 Å². The summed E-state index contributed by atoms with van der Waals surface area (Å²) in [5.74, 6) is 0.0963. The van der Waals surface area contributed by atoms with Crippen LogP contribution in [-0.4, -0.2) is 37.2 Å². The largest absolute Gasteiger partial charge is 0.494 e. The van der Waals surface area contributed by atoms with E-state index in [0.717, 1.165) is 11.1 Å². The van der Waals surface area contributed by atoms with Crippen molar-refractivity contribution < 1.29 is 14.6 Å². The Hall–Kier alpha value is 0.740. The number of hydrogen-bond acceptors (Lipinski definition) is 3. The minimum absolute atomic E-state index is 0.0963. The third-order valence-corrected chi connectivity index (χ3v) is 3.34. The first-order valence-corrected chi connectivity index (χ1v) is 8.47. The summed E-state index contributed by atoms with van der Waals surface area (Å²) in [7, 11) is 0. The second-order valence-corrected chi connectivity index (χ2v) is 9.65. The molecule has 22 heavy (non-hydrogen) atoms. The third kappa shape index (κ3) is 8.55. The molecule has 128 valence electrons. The van der Waals surface area contributed by atoms with Gasteiger partial charge in [0.1, 0.15) is 0 Å². The Morgan fingerprint density at radius 2 is 1.59 bits per heavy atom. The topological polar surface area (TPSA) is 54.5 Å². The number of aryl methyl sites for hydroxylation is 1. The molecular weight excluding hydrogens is 419 g/mol. The van der Waals surface area contributed by atoms with Crippen molar-refractivity contribution in [3.8, 4) is 5.88 Å². The molecule has 0 aliphatic heterocycles. The number of H-pyrrole nitrogens is 1. The first kappa shape index (κ1) is 20.8. The molecule has 0 unspecified atom stereocenters. The number of rotatable bonds is 7. The van der Waals surface area contributed by atoms with E-state index in [-0.39, 0.29) is 19.1 Å². The Morgan fingerprint density at radius 1 is 1.09 bits per heavy atom. The van der Waals surface area contributed by atoms with Gasteiger partial charge in [-0.05, 0) is 18.9 Å². The summed E-state index contributed by atoms with van der Waals surface area (Å²) in [5, 5.41) is 9.70. The fourth-order valence-corrected chi connectivity index (χ4v) is 2.08. The number of aromatic amines is 1. The summed E-state index contributed by atoms with van der Waals surface area (Å²) in [6, 6.07) is 0. The number of ether oxygens (including phenoxy) is 2. The summed E-state index contributed by atoms with van der Waals surface area (Å²) in [6.45, 7) is 1.51. The molecule has 0 aromatic carbocycles. The van der Waals surface area contributed by atoms with Crippen LogP contribution in [-0.2, 0) is 15.9 Å². The molecular formula is C12H15Cl6NO3. The fourth-order valence-electron chi connectivity index (χ4n) is 1.71. The average molecular weight is 434 g/mol. The average Bonchev–Trinajstić information content (AvgIpc) is 2.66. The van der Waals surface area contributed by atoms with Gasteiger partial charge in [0.2, 0.25) is 7.59 Å². The second kappa shape index (κ2) is 8.72. The number of alkyl halides is 6. The van der Waals surface area contributed by atoms with Crippen molar-refractivity contribution in [1.29, 1.82) is 0 Å². The zero-order valence-electron chi connectivity index (χ0n) is 11.5. The Kier molecular flexibility index (Phi) is 8.24. The van der Waals surface area contributed by atoms with Gasteiger partial charge in [0.05, 0.1) is 13.2 Å². The van der Waals surface area contributed by atoms with Crippen LogP contribution in [0.25, 0.3) is 0 Å². The molecule has 1 aromatic rings. The zero-order valence-corrected chi connectivity index (χ0v) is 16.1. The van der Waals surface area contributed by atoms with Gasteiger partial charge in [-0.2, -0.15) is 0 Å². The molecule has 1 heterocycles. The molecule has 4 nitrogen and oxygen atoms in total. The highest BCUT2D eigenvalue weighted by atomic mass is 35.6. The molecule has 0 atom stereocenters. The van der Waals surface area contributed by atoms with E-state index < -0.39 is 13.9 Å². The lowest BCUT2D eigenvalue weighted by Gasteiger charge is -2.23. The smallest absolute Gasteiger partial charge is 0.213 e. The fraction of sp³-hybridized carbons (Fsp3) is 0.667. The highest BCUT2D eigenvalue weighted by Gasteiger charge is 2.26. The van der Waals surface area contributed by atoms with Gasteiger partial charge in [0.15, 0.2) is 12.2 Å². The van der Waals surface area contributed by atoms with Crippen LogP contribution in [0.15, 0.2) is 6.20 Å². The van der Waals surface area contributed by atoms with Crippen LogP contribution < -0.4 is 0 Å². The van der Waals surface area contributed by atoms with Crippen molar-refractivity contribution in [2.24, 2.45) is 0 Å². The Balaban J connectivity index is 2.60. The van der Waals surface area contributed by atoms with Crippen molar-refractivity contribution in [3.05, 3.63) is 17.3 Å². The highest BCUT2D eigenvalue weighted by molar-refractivity contribution is 6.68. The normalized spacial score (nSPS) is 13.1. The molecule has 0 bridgehead atoms. The van der Waals surface area contributed by atoms with Crippen molar-refractivity contribution >= 4 is 69.6 Å². The number of aromatic hydroxyl groups is 1. The molecule has 0 aliphatic rings. The van der Waals surface area contributed by atoms with Gasteiger partial charge in [0.25, 0.3) is 0 Å². The van der Waals surface area contributed by atoms with E-state index in [1.54, 1.807) is 6.20 Å². The number of aromatic nitrogens is 1. The van der Waals surface area contributed by atoms with Crippen LogP contribution in [0.4, 0.5) is 0 Å². The van der Waals surface area contributed by atoms with E-state index >= 15 is 0 Å². The number of halogens is 6. The molecule has 0 saturated heterocycles. The van der Waals surface area contributed by atoms with E-state index in [1.807, 2.05) is 6.92 Å². The first-order valence-electron chi connectivity index (χ1n) is 6.20. The standard InChI is InChI=1S/C12H15Cl6NO3/c1-7-4-19-10(20)8(7)2-3-9(21-5-11(13,14)15)22-6-12(16,17)18/h4,9,19-20H,2-3,5-6H2,1H3. The summed E-state index contributed by atoms with van der Waals surface area (Å²) < 4.78 is 7.64. The number of hydrogen-bond donors (Lipinski definition) is 2. The highest BCUT2D eigenvalue weighted by Crippen LogP contribution is 2.30. The van der Waals surface area contributed by atoms with Crippen LogP contribution >= 0.6 is 69.6 Å². The SMILES string of the molecule is Cc1c[nH]c(O)c1CCC(OCC(Cl)(Cl)Cl)OCC(Cl)(Cl)Cl. The van der Waals surface area contributed by atoms with E-state index in [1.165, 1.54) is 0 Å². The lowest BCUT2D eigenvalue weighted by Crippen LogP contribution is -2.27. The molecule has 0 amide bonds. The van der Waals surface area contributed by atoms with Gasteiger partial charge in [-0.25, -0.2) is 0 Å². The summed E-state index contributed by atoms with van der Waals surface area (Å²) in [6.07, 6.45) is 1.81. The van der Waals surface area contributed by atoms with Crippen molar-refractivity contribution in [2.45, 2.75) is 33.6 Å². The molecule has 0 radical (unpaired) electrons. The van der Waals surface area contributed by atoms with Crippen molar-refractivity contribution in [1.82, 2.24) is 4.98 Å². The molecule has 10 heteroatoms. The van der Waals surface area contributed by atoms with Gasteiger partial charge in [-0.15, -0.1) is 0 Å². The Bertz CT molecular complexity index is 431. The van der Waals surface area contributed by atoms with Crippen LogP contribution in [0, 0.1) is 6.92 Å². The maximum Gasteiger partial charge on any atom is 0.213 e. The Labute approximate surface area is 158 Å². The zero-order chi connectivity index (χ0) is 17.0. The molecule has 0 aliphatic carbocycles. The minimum Gasteiger partial charge on any atom is -0.494 e. The lowest BCUT2D eigenvalue weighted by atomic mass is 10.1. The van der Waals surface area contributed by atoms with Crippen LogP contribution in [0.2, 0.25) is 0 Å². The van der Waals surface area contributed by atoms with E-state index in [2.05, 4.69) is 4.98 Å². The number of nitrogens with one attached hydrogen (secondary N) is 1. The lowest BCUT2D eigenvalue weighted by molar-refractivity contribution is -0.143. The van der Waals surface area contributed by atoms with E-state index in [9.17, 15) is 5.11 Å². The summed E-state index contributed by atoms with van der Waals surface area (Å²) in [5.41, 5.74) is 1.67. The summed E-state index contributed by atoms with van der Waals surface area (Å²) >= 11 is 33.9. The van der Waals surface area contributed by atoms with Gasteiger partial charge in [-0.3, -0.25) is 0 Å². The van der Waals surface area contributed by atoms with Crippen molar-refractivity contribution in [3.63, 3.8) is 0 Å². The van der Waals surface area contributed by atoms with Crippen LogP contribution in [0.5, 0.6) is 5.88 Å². The predicted octanol–water partition coefficient (Wildman–Crippen LogP) is 5.06. The molecule has 0 fully saturated rings. The second-order valence-electron chi connectivity index (χ2n) is 4.62. The first-order chi connectivity index (χ1) is 9.98. The van der Waals surface area contributed by atoms with Gasteiger partial charge >= 0.3 is 0 Å². The molecule has 1 aromatic heterocycles. The maximum atomic E-state index is 9.70. The van der Waals surface area contributed by atoms with E-state index in [0.29, 0.717) is 12.8 Å². The van der Waals surface area contributed by atoms with Gasteiger partial charge in [-0.1, -0.05) is 69.6 Å². The third-order valence-electron chi connectivity index (χ3n) is 2.68. The molecule has 0 saturated carbocycles. The predicted molar refractivity (Wildman–Crippen MR) is 91.8 cm³/mol. The van der Waals surface area contributed by atoms with Crippen LogP contribution in [0.3, 0.4) is 0 Å². The molecule has 0 spiro atoms.